The highest BCUT2D eigenvalue weighted by Gasteiger charge is 1.84. The maximum absolute atomic E-state index is 5.09. The van der Waals surface area contributed by atoms with Crippen LogP contribution in [-0.2, 0) is 0 Å². The molecule has 44 valence electrons. The van der Waals surface area contributed by atoms with Gasteiger partial charge in [0, 0.05) is 6.20 Å². The van der Waals surface area contributed by atoms with Crippen molar-refractivity contribution in [2.75, 3.05) is 0 Å². The first-order valence-corrected chi connectivity index (χ1v) is 2.72. The highest BCUT2D eigenvalue weighted by Crippen LogP contribution is 1.95. The molecule has 0 saturated heterocycles. The maximum atomic E-state index is 5.09. The van der Waals surface area contributed by atoms with Crippen LogP contribution in [0.2, 0.25) is 0 Å². The quantitative estimate of drug-likeness (QED) is 0.468. The molecule has 0 unspecified atom stereocenters. The van der Waals surface area contributed by atoms with Crippen molar-refractivity contribution in [3.8, 4) is 12.3 Å². The summed E-state index contributed by atoms with van der Waals surface area (Å²) in [4.78, 5) is 3.96. The van der Waals surface area contributed by atoms with Crippen LogP contribution < -0.4 is 0 Å². The minimum absolute atomic E-state index is 0.695. The van der Waals surface area contributed by atoms with Gasteiger partial charge in [0.15, 0.2) is 0 Å². The molecule has 0 aliphatic carbocycles. The van der Waals surface area contributed by atoms with Gasteiger partial charge in [0.1, 0.15) is 5.69 Å². The molecule has 0 spiro atoms. The van der Waals surface area contributed by atoms with Crippen molar-refractivity contribution in [3.63, 3.8) is 0 Å². The Kier molecular flexibility index (Phi) is 1.51. The van der Waals surface area contributed by atoms with Crippen LogP contribution in [0.3, 0.4) is 0 Å². The summed E-state index contributed by atoms with van der Waals surface area (Å²) in [5.74, 6) is 2.44. The largest absolute Gasteiger partial charge is 0.248 e. The number of aromatic nitrogens is 1. The van der Waals surface area contributed by atoms with E-state index in [-0.39, 0.29) is 0 Å². The van der Waals surface area contributed by atoms with E-state index in [1.165, 1.54) is 0 Å². The third kappa shape index (κ3) is 1.30. The molecule has 0 aliphatic rings. The van der Waals surface area contributed by atoms with Crippen LogP contribution in [0.1, 0.15) is 11.3 Å². The van der Waals surface area contributed by atoms with E-state index in [1.54, 1.807) is 6.20 Å². The molecule has 1 heteroatoms. The molecule has 1 nitrogen and oxygen atoms in total. The van der Waals surface area contributed by atoms with Gasteiger partial charge in [-0.3, -0.25) is 0 Å². The van der Waals surface area contributed by atoms with E-state index in [0.717, 1.165) is 5.56 Å². The van der Waals surface area contributed by atoms with Crippen LogP contribution in [0.25, 0.3) is 0 Å². The van der Waals surface area contributed by atoms with Gasteiger partial charge in [-0.05, 0) is 18.6 Å². The zero-order valence-electron chi connectivity index (χ0n) is 5.26. The Labute approximate surface area is 54.7 Å². The van der Waals surface area contributed by atoms with Gasteiger partial charge in [0.25, 0.3) is 0 Å². The molecule has 0 aliphatic heterocycles. The van der Waals surface area contributed by atoms with Crippen molar-refractivity contribution in [1.29, 1.82) is 0 Å². The Morgan fingerprint density at radius 3 is 2.78 bits per heavy atom. The Hall–Kier alpha value is -1.29. The number of nitrogens with zero attached hydrogens (tertiary/aromatic N) is 1. The van der Waals surface area contributed by atoms with E-state index in [2.05, 4.69) is 10.9 Å². The van der Waals surface area contributed by atoms with Gasteiger partial charge in [-0.25, -0.2) is 4.98 Å². The van der Waals surface area contributed by atoms with Crippen LogP contribution in [0.15, 0.2) is 18.3 Å². The average molecular weight is 117 g/mol. The Bertz CT molecular complexity index is 228. The molecule has 0 bridgehead atoms. The van der Waals surface area contributed by atoms with Crippen LogP contribution in [0.4, 0.5) is 0 Å². The Morgan fingerprint density at radius 2 is 2.33 bits per heavy atom. The van der Waals surface area contributed by atoms with Gasteiger partial charge >= 0.3 is 0 Å². The van der Waals surface area contributed by atoms with Crippen LogP contribution >= 0.6 is 0 Å². The van der Waals surface area contributed by atoms with E-state index >= 15 is 0 Å². The summed E-state index contributed by atoms with van der Waals surface area (Å²) >= 11 is 0. The average Bonchev–Trinajstić information content (AvgIpc) is 1.90. The first-order chi connectivity index (χ1) is 4.33. The smallest absolute Gasteiger partial charge is 0.112 e. The summed E-state index contributed by atoms with van der Waals surface area (Å²) in [6.07, 6.45) is 6.85. The molecular weight excluding hydrogens is 110 g/mol. The predicted molar refractivity (Wildman–Crippen MR) is 36.9 cm³/mol. The monoisotopic (exact) mass is 117 g/mol. The van der Waals surface area contributed by atoms with Gasteiger partial charge in [0.2, 0.25) is 0 Å². The first-order valence-electron chi connectivity index (χ1n) is 2.72. The van der Waals surface area contributed by atoms with E-state index in [4.69, 9.17) is 6.42 Å². The number of terminal acetylenes is 1. The molecule has 0 amide bonds. The van der Waals surface area contributed by atoms with Gasteiger partial charge in [-0.2, -0.15) is 0 Å². The van der Waals surface area contributed by atoms with Gasteiger partial charge in [-0.15, -0.1) is 6.42 Å². The third-order valence-corrected chi connectivity index (χ3v) is 1.06. The molecule has 0 atom stereocenters. The van der Waals surface area contributed by atoms with Gasteiger partial charge in [-0.1, -0.05) is 12.0 Å². The summed E-state index contributed by atoms with van der Waals surface area (Å²) in [5, 5.41) is 0. The topological polar surface area (TPSA) is 12.9 Å². The number of rotatable bonds is 0. The summed E-state index contributed by atoms with van der Waals surface area (Å²) in [6.45, 7) is 1.98. The van der Waals surface area contributed by atoms with Crippen molar-refractivity contribution in [3.05, 3.63) is 29.6 Å². The highest BCUT2D eigenvalue weighted by molar-refractivity contribution is 5.25. The lowest BCUT2D eigenvalue weighted by Crippen LogP contribution is -1.80. The minimum atomic E-state index is 0.695. The molecule has 9 heavy (non-hydrogen) atoms. The molecular formula is C8H7N. The minimum Gasteiger partial charge on any atom is -0.248 e. The zero-order chi connectivity index (χ0) is 6.69. The number of hydrogen-bond donors (Lipinski definition) is 0. The highest BCUT2D eigenvalue weighted by atomic mass is 14.7. The second-order valence-electron chi connectivity index (χ2n) is 1.87. The fourth-order valence-electron chi connectivity index (χ4n) is 0.553. The van der Waals surface area contributed by atoms with E-state index in [0.29, 0.717) is 5.69 Å². The van der Waals surface area contributed by atoms with E-state index in [1.807, 2.05) is 19.1 Å². The Balaban J connectivity index is 3.06. The Morgan fingerprint density at radius 1 is 1.56 bits per heavy atom. The lowest BCUT2D eigenvalue weighted by Gasteiger charge is -1.88. The van der Waals surface area contributed by atoms with Gasteiger partial charge < -0.3 is 0 Å². The third-order valence-electron chi connectivity index (χ3n) is 1.06. The standard InChI is InChI=1S/C8H7N/c1-3-8-5-4-7(2)6-9-8/h1,4-6H,2H3. The van der Waals surface area contributed by atoms with Crippen molar-refractivity contribution in [2.24, 2.45) is 0 Å². The molecule has 1 aromatic rings. The first kappa shape index (κ1) is 5.84. The maximum Gasteiger partial charge on any atom is 0.112 e. The lowest BCUT2D eigenvalue weighted by atomic mass is 10.3. The summed E-state index contributed by atoms with van der Waals surface area (Å²) < 4.78 is 0. The second kappa shape index (κ2) is 2.32. The molecule has 1 rings (SSSR count). The molecule has 0 radical (unpaired) electrons. The molecule has 0 saturated carbocycles. The normalized spacial score (nSPS) is 8.44. The van der Waals surface area contributed by atoms with E-state index < -0.39 is 0 Å². The summed E-state index contributed by atoms with van der Waals surface area (Å²) in [6, 6.07) is 3.78. The number of pyridine rings is 1. The lowest BCUT2D eigenvalue weighted by molar-refractivity contribution is 1.24. The molecule has 0 aromatic carbocycles. The zero-order valence-corrected chi connectivity index (χ0v) is 5.26. The van der Waals surface area contributed by atoms with Crippen LogP contribution in [0.5, 0.6) is 0 Å². The van der Waals surface area contributed by atoms with Crippen molar-refractivity contribution >= 4 is 0 Å². The predicted octanol–water partition coefficient (Wildman–Crippen LogP) is 1.37. The van der Waals surface area contributed by atoms with Crippen molar-refractivity contribution < 1.29 is 0 Å². The molecule has 1 aromatic heterocycles. The number of aryl methyl sites for hydroxylation is 1. The van der Waals surface area contributed by atoms with Crippen LogP contribution in [-0.4, -0.2) is 4.98 Å². The fourth-order valence-corrected chi connectivity index (χ4v) is 0.553. The summed E-state index contributed by atoms with van der Waals surface area (Å²) in [5.41, 5.74) is 1.83. The SMILES string of the molecule is C#Cc1ccc(C)cn1. The second-order valence-corrected chi connectivity index (χ2v) is 1.87. The molecule has 0 N–H and O–H groups in total. The molecule has 1 heterocycles. The molecule has 0 fully saturated rings. The number of hydrogen-bond acceptors (Lipinski definition) is 1. The van der Waals surface area contributed by atoms with Crippen LogP contribution in [0, 0.1) is 19.3 Å². The van der Waals surface area contributed by atoms with Gasteiger partial charge in [0.05, 0.1) is 0 Å². The van der Waals surface area contributed by atoms with Crippen molar-refractivity contribution in [2.45, 2.75) is 6.92 Å². The van der Waals surface area contributed by atoms with Crippen molar-refractivity contribution in [1.82, 2.24) is 4.98 Å². The fraction of sp³-hybridized carbons (Fsp3) is 0.125. The van der Waals surface area contributed by atoms with E-state index in [9.17, 15) is 0 Å². The summed E-state index contributed by atoms with van der Waals surface area (Å²) in [7, 11) is 0.